The number of carbonyl (C=O) groups excluding carboxylic acids is 2. The fourth-order valence-electron chi connectivity index (χ4n) is 5.32. The Bertz CT molecular complexity index is 1280. The van der Waals surface area contributed by atoms with Crippen LogP contribution in [-0.4, -0.2) is 64.3 Å². The molecular weight excluding hydrogens is 507 g/mol. The average molecular weight is 555 g/mol. The van der Waals surface area contributed by atoms with Gasteiger partial charge in [0.15, 0.2) is 0 Å². The zero-order chi connectivity index (χ0) is 30.0. The van der Waals surface area contributed by atoms with Gasteiger partial charge in [-0.25, -0.2) is 9.59 Å². The fourth-order valence-corrected chi connectivity index (χ4v) is 5.32. The van der Waals surface area contributed by atoms with Crippen LogP contribution in [0.15, 0.2) is 18.2 Å². The topological polar surface area (TPSA) is 79.2 Å². The van der Waals surface area contributed by atoms with Gasteiger partial charge in [0.1, 0.15) is 11.2 Å². The number of nitrogens with zero attached hydrogens (tertiary/aromatic N) is 2. The summed E-state index contributed by atoms with van der Waals surface area (Å²) < 4.78 is 26.0. The van der Waals surface area contributed by atoms with Crippen LogP contribution in [0.1, 0.15) is 100 Å². The van der Waals surface area contributed by atoms with Crippen LogP contribution < -0.4 is 5.59 Å². The Labute approximate surface area is 239 Å². The van der Waals surface area contributed by atoms with Crippen LogP contribution in [0.5, 0.6) is 0 Å². The minimum atomic E-state index is -0.722. The molecule has 2 fully saturated rings. The van der Waals surface area contributed by atoms with E-state index in [1.54, 1.807) is 9.47 Å². The second-order valence-corrected chi connectivity index (χ2v) is 14.7. The molecule has 0 unspecified atom stereocenters. The van der Waals surface area contributed by atoms with E-state index in [2.05, 4.69) is 26.0 Å². The number of amides is 1. The van der Waals surface area contributed by atoms with Crippen molar-refractivity contribution in [3.8, 4) is 0 Å². The van der Waals surface area contributed by atoms with Crippen LogP contribution in [0.2, 0.25) is 0 Å². The molecule has 8 nitrogen and oxygen atoms in total. The quantitative estimate of drug-likeness (QED) is 0.416. The monoisotopic (exact) mass is 554 g/mol. The molecule has 0 bridgehead atoms. The summed E-state index contributed by atoms with van der Waals surface area (Å²) in [6.07, 6.45) is 0.118. The minimum absolute atomic E-state index is 0.0989. The van der Waals surface area contributed by atoms with Gasteiger partial charge in [-0.2, -0.15) is 0 Å². The Hall–Kier alpha value is -2.52. The number of rotatable bonds is 4. The molecule has 2 aliphatic rings. The number of likely N-dealkylation sites (tertiary alicyclic amines) is 1. The number of ether oxygens (including phenoxy) is 2. The highest BCUT2D eigenvalue weighted by molar-refractivity contribution is 6.63. The summed E-state index contributed by atoms with van der Waals surface area (Å²) in [6.45, 7) is 24.9. The van der Waals surface area contributed by atoms with Crippen LogP contribution in [0.3, 0.4) is 0 Å². The van der Waals surface area contributed by atoms with E-state index in [4.69, 9.17) is 18.8 Å². The van der Waals surface area contributed by atoms with Gasteiger partial charge < -0.3 is 23.7 Å². The maximum atomic E-state index is 13.7. The van der Waals surface area contributed by atoms with E-state index in [0.717, 1.165) is 28.5 Å². The average Bonchev–Trinajstić information content (AvgIpc) is 3.17. The van der Waals surface area contributed by atoms with E-state index in [1.165, 1.54) is 0 Å². The van der Waals surface area contributed by atoms with Crippen LogP contribution >= 0.6 is 0 Å². The van der Waals surface area contributed by atoms with Crippen molar-refractivity contribution in [3.05, 3.63) is 29.3 Å². The third kappa shape index (κ3) is 6.05. The van der Waals surface area contributed by atoms with Crippen molar-refractivity contribution in [2.75, 3.05) is 13.1 Å². The molecule has 1 aromatic heterocycles. The van der Waals surface area contributed by atoms with E-state index in [-0.39, 0.29) is 12.0 Å². The van der Waals surface area contributed by atoms with Gasteiger partial charge in [0.2, 0.25) is 0 Å². The van der Waals surface area contributed by atoms with Gasteiger partial charge in [-0.15, -0.1) is 0 Å². The summed E-state index contributed by atoms with van der Waals surface area (Å²) in [4.78, 5) is 27.8. The molecule has 1 aromatic carbocycles. The molecule has 2 aromatic rings. The van der Waals surface area contributed by atoms with Crippen molar-refractivity contribution in [3.63, 3.8) is 0 Å². The number of hydrogen-bond donors (Lipinski definition) is 0. The molecule has 0 saturated carbocycles. The first kappa shape index (κ1) is 30.4. The van der Waals surface area contributed by atoms with Gasteiger partial charge in [-0.1, -0.05) is 19.9 Å². The SMILES string of the molecule is CC(C)c1c(B2OC(C)(C)C(C)(C)O2)n(C(=O)OC(C)(C)C)c2ccc(CC3CN(C(=O)OC(C)(C)C)C3)cc12. The first-order valence-electron chi connectivity index (χ1n) is 14.4. The van der Waals surface area contributed by atoms with Crippen LogP contribution in [0.4, 0.5) is 9.59 Å². The van der Waals surface area contributed by atoms with Crippen molar-refractivity contribution in [2.45, 2.75) is 118 Å². The van der Waals surface area contributed by atoms with Crippen molar-refractivity contribution in [2.24, 2.45) is 5.92 Å². The summed E-state index contributed by atoms with van der Waals surface area (Å²) in [5.74, 6) is 0.449. The van der Waals surface area contributed by atoms with Crippen molar-refractivity contribution in [1.82, 2.24) is 9.47 Å². The molecule has 0 aliphatic carbocycles. The number of fused-ring (bicyclic) bond motifs is 1. The van der Waals surface area contributed by atoms with Crippen molar-refractivity contribution in [1.29, 1.82) is 0 Å². The molecule has 0 N–H and O–H groups in total. The Balaban J connectivity index is 1.71. The summed E-state index contributed by atoms with van der Waals surface area (Å²) in [6, 6.07) is 6.24. The molecule has 4 rings (SSSR count). The third-order valence-electron chi connectivity index (χ3n) is 7.87. The lowest BCUT2D eigenvalue weighted by Gasteiger charge is -2.40. The normalized spacial score (nSPS) is 19.3. The summed E-state index contributed by atoms with van der Waals surface area (Å²) >= 11 is 0. The molecular formula is C31H47BN2O6. The molecule has 3 heterocycles. The molecule has 1 amide bonds. The molecule has 2 saturated heterocycles. The predicted octanol–water partition coefficient (Wildman–Crippen LogP) is 6.26. The zero-order valence-corrected chi connectivity index (χ0v) is 26.4. The van der Waals surface area contributed by atoms with Gasteiger partial charge in [0, 0.05) is 18.5 Å². The van der Waals surface area contributed by atoms with E-state index >= 15 is 0 Å². The molecule has 40 heavy (non-hydrogen) atoms. The maximum Gasteiger partial charge on any atom is 0.513 e. The highest BCUT2D eigenvalue weighted by Gasteiger charge is 2.54. The zero-order valence-electron chi connectivity index (χ0n) is 26.4. The second-order valence-electron chi connectivity index (χ2n) is 14.7. The Kier molecular flexibility index (Phi) is 7.68. The first-order chi connectivity index (χ1) is 18.2. The standard InChI is InChI=1S/C31H47BN2O6/c1-19(2)24-22-16-20(15-21-17-33(18-21)26(35)37-28(3,4)5)13-14-23(22)34(27(36)38-29(6,7)8)25(24)32-39-30(9,10)31(11,12)40-32/h13-14,16,19,21H,15,17-18H2,1-12H3. The number of hydrogen-bond acceptors (Lipinski definition) is 6. The number of carbonyl (C=O) groups is 2. The van der Waals surface area contributed by atoms with E-state index in [0.29, 0.717) is 24.6 Å². The van der Waals surface area contributed by atoms with Crippen molar-refractivity contribution >= 4 is 35.8 Å². The van der Waals surface area contributed by atoms with E-state index in [1.807, 2.05) is 75.3 Å². The Morgan fingerprint density at radius 2 is 1.48 bits per heavy atom. The first-order valence-corrected chi connectivity index (χ1v) is 14.4. The second kappa shape index (κ2) is 10.1. The number of benzene rings is 1. The van der Waals surface area contributed by atoms with Gasteiger partial charge in [0.05, 0.1) is 22.3 Å². The van der Waals surface area contributed by atoms with Crippen molar-refractivity contribution < 1.29 is 28.4 Å². The van der Waals surface area contributed by atoms with Crippen LogP contribution in [-0.2, 0) is 25.2 Å². The van der Waals surface area contributed by atoms with E-state index < -0.39 is 35.6 Å². The maximum absolute atomic E-state index is 13.7. The molecule has 0 spiro atoms. The van der Waals surface area contributed by atoms with Gasteiger partial charge in [0.25, 0.3) is 0 Å². The van der Waals surface area contributed by atoms with Crippen LogP contribution in [0, 0.1) is 5.92 Å². The molecule has 220 valence electrons. The van der Waals surface area contributed by atoms with E-state index in [9.17, 15) is 9.59 Å². The lowest BCUT2D eigenvalue weighted by Crippen LogP contribution is -2.52. The molecule has 0 atom stereocenters. The third-order valence-corrected chi connectivity index (χ3v) is 7.87. The van der Waals surface area contributed by atoms with Crippen LogP contribution in [0.25, 0.3) is 10.9 Å². The Morgan fingerprint density at radius 3 is 1.98 bits per heavy atom. The van der Waals surface area contributed by atoms with Gasteiger partial charge in [-0.3, -0.25) is 4.57 Å². The predicted molar refractivity (Wildman–Crippen MR) is 158 cm³/mol. The molecule has 0 radical (unpaired) electrons. The minimum Gasteiger partial charge on any atom is -0.444 e. The highest BCUT2D eigenvalue weighted by Crippen LogP contribution is 2.39. The summed E-state index contributed by atoms with van der Waals surface area (Å²) in [5.41, 5.74) is 1.35. The summed E-state index contributed by atoms with van der Waals surface area (Å²) in [7, 11) is -0.722. The number of aromatic nitrogens is 1. The highest BCUT2D eigenvalue weighted by atomic mass is 16.7. The Morgan fingerprint density at radius 1 is 0.950 bits per heavy atom. The fraction of sp³-hybridized carbons (Fsp3) is 0.677. The smallest absolute Gasteiger partial charge is 0.444 e. The van der Waals surface area contributed by atoms with Gasteiger partial charge >= 0.3 is 19.3 Å². The largest absolute Gasteiger partial charge is 0.513 e. The molecule has 9 heteroatoms. The lowest BCUT2D eigenvalue weighted by atomic mass is 9.78. The lowest BCUT2D eigenvalue weighted by molar-refractivity contribution is -0.000894. The van der Waals surface area contributed by atoms with Gasteiger partial charge in [-0.05, 0) is 111 Å². The summed E-state index contributed by atoms with van der Waals surface area (Å²) in [5, 5.41) is 0.992. The molecule has 2 aliphatic heterocycles.